The van der Waals surface area contributed by atoms with Crippen molar-refractivity contribution in [1.29, 1.82) is 0 Å². The summed E-state index contributed by atoms with van der Waals surface area (Å²) in [5, 5.41) is 0. The first kappa shape index (κ1) is 8.44. The van der Waals surface area contributed by atoms with Gasteiger partial charge >= 0.3 is 0 Å². The van der Waals surface area contributed by atoms with Crippen LogP contribution in [0, 0.1) is 0 Å². The highest BCUT2D eigenvalue weighted by Crippen LogP contribution is 2.15. The molecule has 0 spiro atoms. The number of hydrogen-bond donors (Lipinski definition) is 0. The van der Waals surface area contributed by atoms with E-state index in [9.17, 15) is 0 Å². The molecule has 0 unspecified atom stereocenters. The number of hydrogen-bond acceptors (Lipinski definition) is 2. The zero-order chi connectivity index (χ0) is 9.26. The maximum Gasteiger partial charge on any atom is 0.158 e. The SMILES string of the molecule is Cn1ccnc1-c1ccc(Br)cn1. The zero-order valence-corrected chi connectivity index (χ0v) is 8.69. The summed E-state index contributed by atoms with van der Waals surface area (Å²) in [5.74, 6) is 0.882. The molecule has 0 saturated carbocycles. The van der Waals surface area contributed by atoms with Crippen LogP contribution in [0.2, 0.25) is 0 Å². The van der Waals surface area contributed by atoms with Gasteiger partial charge in [0, 0.05) is 30.1 Å². The van der Waals surface area contributed by atoms with Crippen LogP contribution in [-0.2, 0) is 7.05 Å². The highest BCUT2D eigenvalue weighted by Gasteiger charge is 2.02. The average molecular weight is 238 g/mol. The van der Waals surface area contributed by atoms with E-state index in [2.05, 4.69) is 25.9 Å². The predicted molar refractivity (Wildman–Crippen MR) is 54.1 cm³/mol. The second-order valence-corrected chi connectivity index (χ2v) is 3.64. The molecule has 2 aromatic rings. The number of aryl methyl sites for hydroxylation is 1. The molecule has 0 aliphatic carbocycles. The van der Waals surface area contributed by atoms with Gasteiger partial charge in [-0.25, -0.2) is 4.98 Å². The standard InChI is InChI=1S/C9H8BrN3/c1-13-5-4-11-9(13)8-3-2-7(10)6-12-8/h2-6H,1H3. The van der Waals surface area contributed by atoms with Gasteiger partial charge in [-0.2, -0.15) is 0 Å². The molecule has 2 heterocycles. The van der Waals surface area contributed by atoms with Crippen LogP contribution >= 0.6 is 15.9 Å². The molecule has 0 aromatic carbocycles. The van der Waals surface area contributed by atoms with Crippen molar-refractivity contribution in [3.8, 4) is 11.5 Å². The van der Waals surface area contributed by atoms with E-state index in [1.54, 1.807) is 12.4 Å². The summed E-state index contributed by atoms with van der Waals surface area (Å²) >= 11 is 3.34. The van der Waals surface area contributed by atoms with Crippen LogP contribution in [-0.4, -0.2) is 14.5 Å². The summed E-state index contributed by atoms with van der Waals surface area (Å²) in [5.41, 5.74) is 0.885. The average Bonchev–Trinajstić information content (AvgIpc) is 2.53. The van der Waals surface area contributed by atoms with Crippen molar-refractivity contribution >= 4 is 15.9 Å². The maximum atomic E-state index is 4.25. The van der Waals surface area contributed by atoms with Gasteiger partial charge in [0.05, 0.1) is 0 Å². The van der Waals surface area contributed by atoms with Crippen molar-refractivity contribution in [2.45, 2.75) is 0 Å². The van der Waals surface area contributed by atoms with Gasteiger partial charge in [-0.05, 0) is 28.1 Å². The van der Waals surface area contributed by atoms with Gasteiger partial charge < -0.3 is 4.57 Å². The molecule has 0 atom stereocenters. The van der Waals surface area contributed by atoms with Crippen LogP contribution in [0.3, 0.4) is 0 Å². The Bertz CT molecular complexity index is 405. The Labute approximate surface area is 84.6 Å². The minimum Gasteiger partial charge on any atom is -0.333 e. The molecule has 13 heavy (non-hydrogen) atoms. The van der Waals surface area contributed by atoms with E-state index in [0.29, 0.717) is 0 Å². The monoisotopic (exact) mass is 237 g/mol. The van der Waals surface area contributed by atoms with E-state index < -0.39 is 0 Å². The number of pyridine rings is 1. The predicted octanol–water partition coefficient (Wildman–Crippen LogP) is 2.24. The van der Waals surface area contributed by atoms with Crippen LogP contribution < -0.4 is 0 Å². The van der Waals surface area contributed by atoms with Crippen LogP contribution in [0.4, 0.5) is 0 Å². The number of halogens is 1. The molecule has 3 nitrogen and oxygen atoms in total. The smallest absolute Gasteiger partial charge is 0.158 e. The minimum absolute atomic E-state index is 0.882. The van der Waals surface area contributed by atoms with Gasteiger partial charge in [0.2, 0.25) is 0 Å². The first-order valence-electron chi connectivity index (χ1n) is 3.86. The molecule has 0 N–H and O–H groups in total. The lowest BCUT2D eigenvalue weighted by Gasteiger charge is -1.99. The summed E-state index contributed by atoms with van der Waals surface area (Å²) in [6.07, 6.45) is 5.43. The van der Waals surface area contributed by atoms with Gasteiger partial charge in [0.1, 0.15) is 5.69 Å². The van der Waals surface area contributed by atoms with Crippen molar-refractivity contribution in [3.05, 3.63) is 35.2 Å². The zero-order valence-electron chi connectivity index (χ0n) is 7.11. The second kappa shape index (κ2) is 3.30. The van der Waals surface area contributed by atoms with Gasteiger partial charge in [0.15, 0.2) is 5.82 Å². The van der Waals surface area contributed by atoms with Crippen molar-refractivity contribution in [2.75, 3.05) is 0 Å². The lowest BCUT2D eigenvalue weighted by molar-refractivity contribution is 0.917. The summed E-state index contributed by atoms with van der Waals surface area (Å²) in [4.78, 5) is 8.45. The molecule has 66 valence electrons. The fourth-order valence-corrected chi connectivity index (χ4v) is 1.36. The van der Waals surface area contributed by atoms with E-state index in [1.165, 1.54) is 0 Å². The molecule has 0 saturated heterocycles. The molecule has 0 aliphatic heterocycles. The van der Waals surface area contributed by atoms with Gasteiger partial charge in [-0.3, -0.25) is 4.98 Å². The van der Waals surface area contributed by atoms with E-state index in [1.807, 2.05) is 29.9 Å². The molecular formula is C9H8BrN3. The third-order valence-corrected chi connectivity index (χ3v) is 2.25. The van der Waals surface area contributed by atoms with E-state index in [-0.39, 0.29) is 0 Å². The first-order chi connectivity index (χ1) is 6.27. The van der Waals surface area contributed by atoms with Crippen molar-refractivity contribution < 1.29 is 0 Å². The number of rotatable bonds is 1. The van der Waals surface area contributed by atoms with Crippen molar-refractivity contribution in [2.24, 2.45) is 7.05 Å². The molecule has 2 aromatic heterocycles. The Hall–Kier alpha value is -1.16. The Kier molecular flexibility index (Phi) is 2.14. The van der Waals surface area contributed by atoms with Crippen LogP contribution in [0.25, 0.3) is 11.5 Å². The molecule has 0 radical (unpaired) electrons. The van der Waals surface area contributed by atoms with Crippen molar-refractivity contribution in [1.82, 2.24) is 14.5 Å². The second-order valence-electron chi connectivity index (χ2n) is 2.72. The number of nitrogens with zero attached hydrogens (tertiary/aromatic N) is 3. The minimum atomic E-state index is 0.882. The lowest BCUT2D eigenvalue weighted by Crippen LogP contribution is -1.92. The first-order valence-corrected chi connectivity index (χ1v) is 4.66. The highest BCUT2D eigenvalue weighted by atomic mass is 79.9. The summed E-state index contributed by atoms with van der Waals surface area (Å²) in [6, 6.07) is 3.89. The third kappa shape index (κ3) is 1.62. The number of aromatic nitrogens is 3. The molecule has 0 amide bonds. The summed E-state index contributed by atoms with van der Waals surface area (Å²) in [6.45, 7) is 0. The van der Waals surface area contributed by atoms with Crippen molar-refractivity contribution in [3.63, 3.8) is 0 Å². The highest BCUT2D eigenvalue weighted by molar-refractivity contribution is 9.10. The topological polar surface area (TPSA) is 30.7 Å². The lowest BCUT2D eigenvalue weighted by atomic mass is 10.3. The quantitative estimate of drug-likeness (QED) is 0.762. The summed E-state index contributed by atoms with van der Waals surface area (Å²) < 4.78 is 2.92. The fraction of sp³-hybridized carbons (Fsp3) is 0.111. The van der Waals surface area contributed by atoms with Crippen LogP contribution in [0.5, 0.6) is 0 Å². The molecule has 0 fully saturated rings. The fourth-order valence-electron chi connectivity index (χ4n) is 1.12. The van der Waals surface area contributed by atoms with E-state index in [0.717, 1.165) is 16.0 Å². The molecular weight excluding hydrogens is 230 g/mol. The van der Waals surface area contributed by atoms with Gasteiger partial charge in [-0.15, -0.1) is 0 Å². The molecule has 4 heteroatoms. The number of imidazole rings is 1. The Morgan fingerprint density at radius 1 is 1.31 bits per heavy atom. The Morgan fingerprint density at radius 2 is 2.15 bits per heavy atom. The summed E-state index contributed by atoms with van der Waals surface area (Å²) in [7, 11) is 1.95. The normalized spacial score (nSPS) is 10.3. The third-order valence-electron chi connectivity index (χ3n) is 1.78. The van der Waals surface area contributed by atoms with Gasteiger partial charge in [0.25, 0.3) is 0 Å². The largest absolute Gasteiger partial charge is 0.333 e. The Morgan fingerprint density at radius 3 is 2.69 bits per heavy atom. The van der Waals surface area contributed by atoms with E-state index in [4.69, 9.17) is 0 Å². The maximum absolute atomic E-state index is 4.25. The Balaban J connectivity index is 2.47. The molecule has 2 rings (SSSR count). The van der Waals surface area contributed by atoms with Crippen LogP contribution in [0.15, 0.2) is 35.2 Å². The van der Waals surface area contributed by atoms with Gasteiger partial charge in [-0.1, -0.05) is 0 Å². The molecule has 0 aliphatic rings. The molecule has 0 bridgehead atoms. The van der Waals surface area contributed by atoms with E-state index >= 15 is 0 Å². The van der Waals surface area contributed by atoms with Crippen LogP contribution in [0.1, 0.15) is 0 Å².